The van der Waals surface area contributed by atoms with Crippen molar-refractivity contribution in [2.45, 2.75) is 32.6 Å². The average Bonchev–Trinajstić information content (AvgIpc) is 2.61. The van der Waals surface area contributed by atoms with Crippen LogP contribution in [0.2, 0.25) is 0 Å². The topological polar surface area (TPSA) is 83.4 Å². The first-order valence-corrected chi connectivity index (χ1v) is 5.86. The van der Waals surface area contributed by atoms with E-state index in [-0.39, 0.29) is 0 Å². The van der Waals surface area contributed by atoms with Crippen LogP contribution in [0.5, 0.6) is 0 Å². The van der Waals surface area contributed by atoms with Gasteiger partial charge in [-0.25, -0.2) is 4.98 Å². The van der Waals surface area contributed by atoms with Crippen molar-refractivity contribution in [2.24, 2.45) is 0 Å². The number of hydrogen-bond donors (Lipinski definition) is 3. The molecule has 0 bridgehead atoms. The third kappa shape index (κ3) is 2.21. The van der Waals surface area contributed by atoms with Gasteiger partial charge >= 0.3 is 0 Å². The summed E-state index contributed by atoms with van der Waals surface area (Å²) < 4.78 is 0.372. The summed E-state index contributed by atoms with van der Waals surface area (Å²) in [7, 11) is 0. The molecule has 2 rings (SSSR count). The van der Waals surface area contributed by atoms with Crippen molar-refractivity contribution in [3.05, 3.63) is 10.6 Å². The number of hydrogen-bond acceptors (Lipinski definition) is 4. The molecule has 16 heavy (non-hydrogen) atoms. The van der Waals surface area contributed by atoms with Crippen molar-refractivity contribution in [2.75, 3.05) is 5.73 Å². The van der Waals surface area contributed by atoms with Crippen LogP contribution in [-0.4, -0.2) is 19.9 Å². The number of anilines is 1. The summed E-state index contributed by atoms with van der Waals surface area (Å²) >= 11 is 4.94. The van der Waals surface area contributed by atoms with Gasteiger partial charge in [0, 0.05) is 6.42 Å². The van der Waals surface area contributed by atoms with E-state index >= 15 is 0 Å². The van der Waals surface area contributed by atoms with E-state index in [4.69, 9.17) is 18.0 Å². The van der Waals surface area contributed by atoms with Crippen LogP contribution >= 0.6 is 12.2 Å². The Kier molecular flexibility index (Phi) is 3.19. The Morgan fingerprint density at radius 3 is 2.81 bits per heavy atom. The minimum Gasteiger partial charge on any atom is -0.383 e. The first-order valence-electron chi connectivity index (χ1n) is 5.45. The van der Waals surface area contributed by atoms with Crippen LogP contribution in [0.1, 0.15) is 32.0 Å². The quantitative estimate of drug-likeness (QED) is 0.563. The molecule has 2 aromatic heterocycles. The summed E-state index contributed by atoms with van der Waals surface area (Å²) in [6, 6.07) is 0. The molecule has 4 N–H and O–H groups in total. The maximum Gasteiger partial charge on any atom is 0.200 e. The maximum absolute atomic E-state index is 5.79. The lowest BCUT2D eigenvalue weighted by molar-refractivity contribution is 0.700. The van der Waals surface area contributed by atoms with Gasteiger partial charge < -0.3 is 15.7 Å². The molecule has 6 heteroatoms. The second-order valence-electron chi connectivity index (χ2n) is 3.79. The van der Waals surface area contributed by atoms with Crippen LogP contribution in [0.25, 0.3) is 11.2 Å². The lowest BCUT2D eigenvalue weighted by Gasteiger charge is -1.94. The van der Waals surface area contributed by atoms with E-state index in [0.717, 1.165) is 24.2 Å². The molecule has 0 fully saturated rings. The number of aromatic nitrogens is 4. The first kappa shape index (κ1) is 11.1. The predicted octanol–water partition coefficient (Wildman–Crippen LogP) is 2.33. The largest absolute Gasteiger partial charge is 0.383 e. The van der Waals surface area contributed by atoms with E-state index in [9.17, 15) is 0 Å². The molecule has 0 spiro atoms. The standard InChI is InChI=1S/C10H15N5S/c1-2-3-4-5-6-12-7-8(11)14-10(16)15-9(7)13-6/h2-5H2,1H3,(H4,11,12,13,14,15,16). The highest BCUT2D eigenvalue weighted by molar-refractivity contribution is 7.71. The van der Waals surface area contributed by atoms with E-state index < -0.39 is 0 Å². The second kappa shape index (κ2) is 4.61. The number of nitrogen functional groups attached to an aromatic ring is 1. The fourth-order valence-electron chi connectivity index (χ4n) is 1.64. The van der Waals surface area contributed by atoms with Crippen LogP contribution in [0.4, 0.5) is 5.82 Å². The molecule has 0 saturated carbocycles. The van der Waals surface area contributed by atoms with Gasteiger partial charge in [0.15, 0.2) is 5.65 Å². The summed E-state index contributed by atoms with van der Waals surface area (Å²) in [5.74, 6) is 1.43. The van der Waals surface area contributed by atoms with Crippen molar-refractivity contribution in [1.82, 2.24) is 19.9 Å². The van der Waals surface area contributed by atoms with Crippen LogP contribution in [0.3, 0.4) is 0 Å². The van der Waals surface area contributed by atoms with E-state index in [1.807, 2.05) is 0 Å². The molecule has 0 atom stereocenters. The van der Waals surface area contributed by atoms with Gasteiger partial charge in [0.1, 0.15) is 17.2 Å². The lowest BCUT2D eigenvalue weighted by Crippen LogP contribution is -1.93. The van der Waals surface area contributed by atoms with E-state index in [1.165, 1.54) is 12.8 Å². The Labute approximate surface area is 98.5 Å². The zero-order valence-corrected chi connectivity index (χ0v) is 10.0. The third-order valence-corrected chi connectivity index (χ3v) is 2.66. The van der Waals surface area contributed by atoms with Crippen LogP contribution < -0.4 is 5.73 Å². The number of nitrogens with one attached hydrogen (secondary N) is 2. The number of nitrogens with two attached hydrogens (primary N) is 1. The SMILES string of the molecule is CCCCCc1nc2nc(=S)[nH]c(N)c2[nH]1. The number of aryl methyl sites for hydroxylation is 1. The molecule has 2 aromatic rings. The minimum atomic E-state index is 0.372. The van der Waals surface area contributed by atoms with E-state index in [2.05, 4.69) is 26.9 Å². The Morgan fingerprint density at radius 1 is 1.25 bits per heavy atom. The zero-order valence-electron chi connectivity index (χ0n) is 9.21. The van der Waals surface area contributed by atoms with E-state index in [0.29, 0.717) is 16.2 Å². The smallest absolute Gasteiger partial charge is 0.200 e. The van der Waals surface area contributed by atoms with Crippen LogP contribution in [0.15, 0.2) is 0 Å². The van der Waals surface area contributed by atoms with Crippen molar-refractivity contribution < 1.29 is 0 Å². The normalized spacial score (nSPS) is 11.1. The summed E-state index contributed by atoms with van der Waals surface area (Å²) in [4.78, 5) is 14.5. The summed E-state index contributed by atoms with van der Waals surface area (Å²) in [6.07, 6.45) is 4.46. The van der Waals surface area contributed by atoms with Crippen molar-refractivity contribution in [3.8, 4) is 0 Å². The molecule has 0 radical (unpaired) electrons. The third-order valence-electron chi connectivity index (χ3n) is 2.47. The molecule has 5 nitrogen and oxygen atoms in total. The van der Waals surface area contributed by atoms with Gasteiger partial charge in [-0.2, -0.15) is 4.98 Å². The molecular formula is C10H15N5S. The lowest BCUT2D eigenvalue weighted by atomic mass is 10.2. The molecule has 0 unspecified atom stereocenters. The number of aromatic amines is 2. The Bertz CT molecular complexity index is 542. The Balaban J connectivity index is 2.29. The van der Waals surface area contributed by atoms with Crippen LogP contribution in [0, 0.1) is 4.77 Å². The van der Waals surface area contributed by atoms with Gasteiger partial charge in [0.25, 0.3) is 0 Å². The van der Waals surface area contributed by atoms with Gasteiger partial charge in [0.2, 0.25) is 4.77 Å². The summed E-state index contributed by atoms with van der Waals surface area (Å²) in [5, 5.41) is 0. The van der Waals surface area contributed by atoms with Crippen molar-refractivity contribution >= 4 is 29.2 Å². The fourth-order valence-corrected chi connectivity index (χ4v) is 1.84. The number of rotatable bonds is 4. The molecule has 2 heterocycles. The fraction of sp³-hybridized carbons (Fsp3) is 0.500. The molecule has 0 aliphatic rings. The number of nitrogens with zero attached hydrogens (tertiary/aromatic N) is 2. The highest BCUT2D eigenvalue weighted by Crippen LogP contribution is 2.15. The second-order valence-corrected chi connectivity index (χ2v) is 4.18. The molecule has 0 aromatic carbocycles. The number of imidazole rings is 1. The van der Waals surface area contributed by atoms with Crippen LogP contribution in [-0.2, 0) is 6.42 Å². The highest BCUT2D eigenvalue weighted by atomic mass is 32.1. The molecule has 0 saturated heterocycles. The van der Waals surface area contributed by atoms with Gasteiger partial charge in [0.05, 0.1) is 0 Å². The molecular weight excluding hydrogens is 222 g/mol. The summed E-state index contributed by atoms with van der Waals surface area (Å²) in [6.45, 7) is 2.18. The minimum absolute atomic E-state index is 0.372. The molecule has 0 aliphatic carbocycles. The molecule has 86 valence electrons. The van der Waals surface area contributed by atoms with Crippen molar-refractivity contribution in [1.29, 1.82) is 0 Å². The van der Waals surface area contributed by atoms with Gasteiger partial charge in [-0.3, -0.25) is 0 Å². The Hall–Kier alpha value is -1.43. The zero-order chi connectivity index (χ0) is 11.5. The molecule has 0 aliphatic heterocycles. The Morgan fingerprint density at radius 2 is 2.06 bits per heavy atom. The van der Waals surface area contributed by atoms with Gasteiger partial charge in [-0.1, -0.05) is 19.8 Å². The highest BCUT2D eigenvalue weighted by Gasteiger charge is 2.06. The summed E-state index contributed by atoms with van der Waals surface area (Å²) in [5.41, 5.74) is 7.15. The number of H-pyrrole nitrogens is 2. The van der Waals surface area contributed by atoms with Crippen molar-refractivity contribution in [3.63, 3.8) is 0 Å². The predicted molar refractivity (Wildman–Crippen MR) is 66.7 cm³/mol. The first-order chi connectivity index (χ1) is 7.70. The number of fused-ring (bicyclic) bond motifs is 1. The van der Waals surface area contributed by atoms with Gasteiger partial charge in [-0.15, -0.1) is 0 Å². The maximum atomic E-state index is 5.79. The monoisotopic (exact) mass is 237 g/mol. The number of unbranched alkanes of at least 4 members (excludes halogenated alkanes) is 2. The average molecular weight is 237 g/mol. The molecule has 0 amide bonds. The van der Waals surface area contributed by atoms with Gasteiger partial charge in [-0.05, 0) is 18.6 Å². The van der Waals surface area contributed by atoms with E-state index in [1.54, 1.807) is 0 Å².